The number of hydrogen-bond donors (Lipinski definition) is 1. The Morgan fingerprint density at radius 2 is 2.60 bits per heavy atom. The topological polar surface area (TPSA) is 63.1 Å². The van der Waals surface area contributed by atoms with Crippen LogP contribution in [0.4, 0.5) is 0 Å². The van der Waals surface area contributed by atoms with Crippen molar-refractivity contribution in [3.05, 3.63) is 11.9 Å². The summed E-state index contributed by atoms with van der Waals surface area (Å²) < 4.78 is 8.01. The largest absolute Gasteiger partial charge is 0.481 e. The van der Waals surface area contributed by atoms with Crippen molar-refractivity contribution in [3.63, 3.8) is 0 Å². The van der Waals surface area contributed by atoms with E-state index in [4.69, 9.17) is 0 Å². The van der Waals surface area contributed by atoms with Crippen LogP contribution in [-0.2, 0) is 11.2 Å². The fourth-order valence-corrected chi connectivity index (χ4v) is 2.87. The van der Waals surface area contributed by atoms with Crippen molar-refractivity contribution in [2.75, 3.05) is 0 Å². The molecule has 2 atom stereocenters. The van der Waals surface area contributed by atoms with E-state index in [1.54, 1.807) is 6.20 Å². The molecule has 5 heteroatoms. The third-order valence-corrected chi connectivity index (χ3v) is 3.75. The van der Waals surface area contributed by atoms with Gasteiger partial charge < -0.3 is 5.11 Å². The predicted octanol–water partition coefficient (Wildman–Crippen LogP) is 1.97. The van der Waals surface area contributed by atoms with Gasteiger partial charge in [0.2, 0.25) is 0 Å². The second-order valence-corrected chi connectivity index (χ2v) is 5.07. The molecule has 0 aliphatic heterocycles. The number of carboxylic acids is 1. The number of hydrogen-bond acceptors (Lipinski definition) is 4. The van der Waals surface area contributed by atoms with Crippen LogP contribution < -0.4 is 0 Å². The molecule has 0 saturated heterocycles. The third-order valence-electron chi connectivity index (χ3n) is 3.24. The van der Waals surface area contributed by atoms with Gasteiger partial charge in [-0.3, -0.25) is 4.79 Å². The first kappa shape index (κ1) is 10.5. The normalized spacial score (nSPS) is 30.6. The zero-order valence-corrected chi connectivity index (χ0v) is 9.46. The lowest BCUT2D eigenvalue weighted by molar-refractivity contribution is -0.148. The minimum Gasteiger partial charge on any atom is -0.481 e. The van der Waals surface area contributed by atoms with Gasteiger partial charge in [0.15, 0.2) is 0 Å². The first-order valence-corrected chi connectivity index (χ1v) is 5.85. The molecule has 2 rings (SSSR count). The Kier molecular flexibility index (Phi) is 2.73. The Morgan fingerprint density at radius 1 is 1.80 bits per heavy atom. The summed E-state index contributed by atoms with van der Waals surface area (Å²) in [5, 5.41) is 9.34. The van der Waals surface area contributed by atoms with E-state index in [9.17, 15) is 9.90 Å². The Bertz CT molecular complexity index is 352. The lowest BCUT2D eigenvalue weighted by atomic mass is 9.81. The minimum absolute atomic E-state index is 0.507. The van der Waals surface area contributed by atoms with Crippen molar-refractivity contribution in [3.8, 4) is 0 Å². The van der Waals surface area contributed by atoms with Crippen molar-refractivity contribution in [2.24, 2.45) is 11.3 Å². The average Bonchev–Trinajstić information content (AvgIpc) is 2.77. The lowest BCUT2D eigenvalue weighted by Gasteiger charge is -2.22. The molecule has 0 radical (unpaired) electrons. The Hall–Kier alpha value is -0.970. The molecule has 1 saturated carbocycles. The van der Waals surface area contributed by atoms with Crippen LogP contribution in [0.25, 0.3) is 0 Å². The van der Waals surface area contributed by atoms with Crippen LogP contribution in [0.15, 0.2) is 6.20 Å². The fourth-order valence-electron chi connectivity index (χ4n) is 2.43. The van der Waals surface area contributed by atoms with E-state index in [0.29, 0.717) is 12.3 Å². The molecule has 1 fully saturated rings. The second kappa shape index (κ2) is 3.89. The molecule has 0 aromatic carbocycles. The monoisotopic (exact) mass is 226 g/mol. The summed E-state index contributed by atoms with van der Waals surface area (Å²) in [6.07, 6.45) is 4.74. The highest BCUT2D eigenvalue weighted by Crippen LogP contribution is 2.44. The Balaban J connectivity index is 2.17. The standard InChI is InChI=1S/C10H14N2O2S/c1-7-2-3-10(4-7,9(13)14)5-8-6-11-15-12-8/h6-7H,2-5H2,1H3,(H,13,14). The van der Waals surface area contributed by atoms with E-state index in [2.05, 4.69) is 15.7 Å². The lowest BCUT2D eigenvalue weighted by Crippen LogP contribution is -2.30. The number of carboxylic acid groups (broad SMARTS) is 1. The van der Waals surface area contributed by atoms with Crippen LogP contribution in [0.5, 0.6) is 0 Å². The van der Waals surface area contributed by atoms with Gasteiger partial charge in [-0.25, -0.2) is 0 Å². The molecule has 1 aromatic rings. The highest BCUT2D eigenvalue weighted by Gasteiger charge is 2.44. The molecule has 1 aliphatic carbocycles. The van der Waals surface area contributed by atoms with E-state index in [1.165, 1.54) is 0 Å². The van der Waals surface area contributed by atoms with Crippen molar-refractivity contribution < 1.29 is 9.90 Å². The number of rotatable bonds is 3. The summed E-state index contributed by atoms with van der Waals surface area (Å²) >= 11 is 1.14. The quantitative estimate of drug-likeness (QED) is 0.856. The zero-order chi connectivity index (χ0) is 10.9. The van der Waals surface area contributed by atoms with E-state index in [-0.39, 0.29) is 0 Å². The smallest absolute Gasteiger partial charge is 0.310 e. The van der Waals surface area contributed by atoms with Gasteiger partial charge in [-0.1, -0.05) is 6.92 Å². The van der Waals surface area contributed by atoms with Gasteiger partial charge in [-0.15, -0.1) is 0 Å². The van der Waals surface area contributed by atoms with Crippen LogP contribution in [-0.4, -0.2) is 19.8 Å². The molecule has 1 aliphatic rings. The fraction of sp³-hybridized carbons (Fsp3) is 0.700. The minimum atomic E-state index is -0.681. The maximum Gasteiger partial charge on any atom is 0.310 e. The third kappa shape index (κ3) is 2.02. The summed E-state index contributed by atoms with van der Waals surface area (Å²) in [6, 6.07) is 0. The van der Waals surface area contributed by atoms with E-state index in [1.807, 2.05) is 0 Å². The second-order valence-electron chi connectivity index (χ2n) is 4.51. The summed E-state index contributed by atoms with van der Waals surface area (Å²) in [7, 11) is 0. The van der Waals surface area contributed by atoms with E-state index < -0.39 is 11.4 Å². The van der Waals surface area contributed by atoms with Gasteiger partial charge in [0.1, 0.15) is 0 Å². The molecule has 15 heavy (non-hydrogen) atoms. The van der Waals surface area contributed by atoms with Gasteiger partial charge in [-0.05, 0) is 25.2 Å². The molecule has 82 valence electrons. The van der Waals surface area contributed by atoms with Gasteiger partial charge in [-0.2, -0.15) is 8.75 Å². The van der Waals surface area contributed by atoms with Crippen LogP contribution in [0.1, 0.15) is 31.9 Å². The number of carbonyl (C=O) groups is 1. The Labute approximate surface area is 92.7 Å². The van der Waals surface area contributed by atoms with E-state index >= 15 is 0 Å². The summed E-state index contributed by atoms with van der Waals surface area (Å²) in [5.74, 6) is -0.174. The Morgan fingerprint density at radius 3 is 3.07 bits per heavy atom. The molecular formula is C10H14N2O2S. The molecule has 1 heterocycles. The van der Waals surface area contributed by atoms with Gasteiger partial charge >= 0.3 is 5.97 Å². The molecule has 2 unspecified atom stereocenters. The number of aliphatic carboxylic acids is 1. The molecule has 0 bridgehead atoms. The maximum absolute atomic E-state index is 11.4. The highest BCUT2D eigenvalue weighted by atomic mass is 32.1. The molecule has 4 nitrogen and oxygen atoms in total. The van der Waals surface area contributed by atoms with Crippen molar-refractivity contribution in [1.82, 2.24) is 8.75 Å². The zero-order valence-electron chi connectivity index (χ0n) is 8.64. The average molecular weight is 226 g/mol. The van der Waals surface area contributed by atoms with E-state index in [0.717, 1.165) is 36.7 Å². The first-order valence-electron chi connectivity index (χ1n) is 5.12. The first-order chi connectivity index (χ1) is 7.12. The van der Waals surface area contributed by atoms with Gasteiger partial charge in [0, 0.05) is 6.42 Å². The van der Waals surface area contributed by atoms with Crippen LogP contribution in [0.2, 0.25) is 0 Å². The molecule has 0 spiro atoms. The number of nitrogens with zero attached hydrogens (tertiary/aromatic N) is 2. The molecule has 1 aromatic heterocycles. The summed E-state index contributed by atoms with van der Waals surface area (Å²) in [6.45, 7) is 2.12. The van der Waals surface area contributed by atoms with Crippen LogP contribution >= 0.6 is 11.7 Å². The summed E-state index contributed by atoms with van der Waals surface area (Å²) in [5.41, 5.74) is 0.228. The summed E-state index contributed by atoms with van der Waals surface area (Å²) in [4.78, 5) is 11.4. The van der Waals surface area contributed by atoms with Gasteiger partial charge in [0.05, 0.1) is 29.0 Å². The molecular weight excluding hydrogens is 212 g/mol. The maximum atomic E-state index is 11.4. The molecule has 0 amide bonds. The molecule has 1 N–H and O–H groups in total. The predicted molar refractivity (Wildman–Crippen MR) is 56.7 cm³/mol. The SMILES string of the molecule is CC1CCC(Cc2cnsn2)(C(=O)O)C1. The van der Waals surface area contributed by atoms with Gasteiger partial charge in [0.25, 0.3) is 0 Å². The van der Waals surface area contributed by atoms with Crippen LogP contribution in [0.3, 0.4) is 0 Å². The highest BCUT2D eigenvalue weighted by molar-refractivity contribution is 6.99. The van der Waals surface area contributed by atoms with Crippen molar-refractivity contribution in [1.29, 1.82) is 0 Å². The number of aromatic nitrogens is 2. The van der Waals surface area contributed by atoms with Crippen LogP contribution in [0, 0.1) is 11.3 Å². The van der Waals surface area contributed by atoms with Crippen molar-refractivity contribution >= 4 is 17.7 Å². The van der Waals surface area contributed by atoms with Crippen molar-refractivity contribution in [2.45, 2.75) is 32.6 Å².